The van der Waals surface area contributed by atoms with Gasteiger partial charge in [0.2, 0.25) is 0 Å². The van der Waals surface area contributed by atoms with Gasteiger partial charge in [0.15, 0.2) is 17.5 Å². The molecule has 0 aromatic heterocycles. The predicted octanol–water partition coefficient (Wildman–Crippen LogP) is 3.20. The van der Waals surface area contributed by atoms with E-state index in [4.69, 9.17) is 24.3 Å². The fourth-order valence-electron chi connectivity index (χ4n) is 3.05. The summed E-state index contributed by atoms with van der Waals surface area (Å²) in [5.41, 5.74) is 3.24. The lowest BCUT2D eigenvalue weighted by Crippen LogP contribution is -2.38. The van der Waals surface area contributed by atoms with E-state index in [1.54, 1.807) is 14.2 Å². The zero-order chi connectivity index (χ0) is 21.9. The molecular weight excluding hydrogens is 382 g/mol. The molecule has 0 spiro atoms. The highest BCUT2D eigenvalue weighted by Crippen LogP contribution is 2.28. The number of guanidine groups is 1. The summed E-state index contributed by atoms with van der Waals surface area (Å²) < 4.78 is 16.4. The van der Waals surface area contributed by atoms with E-state index in [0.29, 0.717) is 24.0 Å². The van der Waals surface area contributed by atoms with E-state index in [0.717, 1.165) is 23.4 Å². The Morgan fingerprint density at radius 3 is 2.47 bits per heavy atom. The Balaban J connectivity index is 2.15. The van der Waals surface area contributed by atoms with Crippen LogP contribution in [0.2, 0.25) is 0 Å². The summed E-state index contributed by atoms with van der Waals surface area (Å²) in [6.07, 6.45) is 0. The summed E-state index contributed by atoms with van der Waals surface area (Å²) in [6, 6.07) is 11.8. The third kappa shape index (κ3) is 6.56. The van der Waals surface area contributed by atoms with Crippen molar-refractivity contribution in [3.05, 3.63) is 53.1 Å². The number of aryl methyl sites for hydroxylation is 1. The SMILES string of the molecule is CCNC(=NCc1ccc(OCCO)c(OC)c1)NC(C)c1cc(C)ccc1OC. The van der Waals surface area contributed by atoms with E-state index < -0.39 is 0 Å². The summed E-state index contributed by atoms with van der Waals surface area (Å²) in [7, 11) is 3.28. The highest BCUT2D eigenvalue weighted by atomic mass is 16.5. The van der Waals surface area contributed by atoms with Gasteiger partial charge in [-0.15, -0.1) is 0 Å². The molecule has 2 aromatic rings. The van der Waals surface area contributed by atoms with Gasteiger partial charge in [0, 0.05) is 12.1 Å². The number of aliphatic hydroxyl groups excluding tert-OH is 1. The van der Waals surface area contributed by atoms with Crippen LogP contribution in [-0.4, -0.2) is 45.0 Å². The minimum Gasteiger partial charge on any atom is -0.496 e. The molecule has 30 heavy (non-hydrogen) atoms. The molecule has 0 bridgehead atoms. The zero-order valence-electron chi connectivity index (χ0n) is 18.5. The Hall–Kier alpha value is -2.93. The summed E-state index contributed by atoms with van der Waals surface area (Å²) in [6.45, 7) is 7.59. The van der Waals surface area contributed by atoms with E-state index in [1.165, 1.54) is 5.56 Å². The molecule has 0 aliphatic rings. The molecular formula is C23H33N3O4. The molecule has 7 nitrogen and oxygen atoms in total. The fraction of sp³-hybridized carbons (Fsp3) is 0.435. The number of methoxy groups -OCH3 is 2. The molecule has 0 fully saturated rings. The lowest BCUT2D eigenvalue weighted by atomic mass is 10.0. The van der Waals surface area contributed by atoms with Gasteiger partial charge in [0.25, 0.3) is 0 Å². The first-order valence-electron chi connectivity index (χ1n) is 10.1. The van der Waals surface area contributed by atoms with Crippen molar-refractivity contribution in [2.75, 3.05) is 34.0 Å². The third-order valence-corrected chi connectivity index (χ3v) is 4.55. The second-order valence-corrected chi connectivity index (χ2v) is 6.86. The van der Waals surface area contributed by atoms with Crippen molar-refractivity contribution < 1.29 is 19.3 Å². The van der Waals surface area contributed by atoms with Crippen molar-refractivity contribution in [2.45, 2.75) is 33.4 Å². The Morgan fingerprint density at radius 1 is 1.07 bits per heavy atom. The van der Waals surface area contributed by atoms with Crippen LogP contribution < -0.4 is 24.8 Å². The highest BCUT2D eigenvalue weighted by molar-refractivity contribution is 5.80. The minimum atomic E-state index is -0.0448. The number of ether oxygens (including phenoxy) is 3. The molecule has 0 amide bonds. The molecule has 1 atom stereocenters. The molecule has 0 saturated carbocycles. The van der Waals surface area contributed by atoms with Crippen LogP contribution in [0.4, 0.5) is 0 Å². The average Bonchev–Trinajstić information content (AvgIpc) is 2.76. The minimum absolute atomic E-state index is 0.0152. The quantitative estimate of drug-likeness (QED) is 0.408. The first kappa shape index (κ1) is 23.3. The van der Waals surface area contributed by atoms with Gasteiger partial charge in [-0.1, -0.05) is 23.8 Å². The second kappa shape index (κ2) is 11.9. The predicted molar refractivity (Wildman–Crippen MR) is 120 cm³/mol. The lowest BCUT2D eigenvalue weighted by molar-refractivity contribution is 0.196. The molecule has 2 aromatic carbocycles. The van der Waals surface area contributed by atoms with Crippen LogP contribution in [0.15, 0.2) is 41.4 Å². The maximum Gasteiger partial charge on any atom is 0.192 e. The highest BCUT2D eigenvalue weighted by Gasteiger charge is 2.13. The molecule has 0 aliphatic heterocycles. The Morgan fingerprint density at radius 2 is 1.80 bits per heavy atom. The van der Waals surface area contributed by atoms with Gasteiger partial charge in [0.1, 0.15) is 12.4 Å². The fourth-order valence-corrected chi connectivity index (χ4v) is 3.05. The number of aliphatic imine (C=N–C) groups is 1. The molecule has 0 aliphatic carbocycles. The Bertz CT molecular complexity index is 839. The molecule has 7 heteroatoms. The number of nitrogens with one attached hydrogen (secondary N) is 2. The van der Waals surface area contributed by atoms with Crippen LogP contribution in [0.5, 0.6) is 17.2 Å². The standard InChI is InChI=1S/C23H33N3O4/c1-6-24-23(26-17(3)19-13-16(2)7-9-20(19)28-4)25-15-18-8-10-21(30-12-11-27)22(14-18)29-5/h7-10,13-14,17,27H,6,11-12,15H2,1-5H3,(H2,24,25,26). The molecule has 3 N–H and O–H groups in total. The van der Waals surface area contributed by atoms with E-state index in [-0.39, 0.29) is 19.3 Å². The maximum atomic E-state index is 8.94. The van der Waals surface area contributed by atoms with Crippen LogP contribution >= 0.6 is 0 Å². The third-order valence-electron chi connectivity index (χ3n) is 4.55. The summed E-state index contributed by atoms with van der Waals surface area (Å²) in [5.74, 6) is 2.78. The molecule has 0 radical (unpaired) electrons. The number of rotatable bonds is 10. The first-order valence-corrected chi connectivity index (χ1v) is 10.1. The van der Waals surface area contributed by atoms with Gasteiger partial charge in [-0.05, 0) is 44.5 Å². The van der Waals surface area contributed by atoms with Crippen LogP contribution in [0.25, 0.3) is 0 Å². The van der Waals surface area contributed by atoms with Gasteiger partial charge in [-0.2, -0.15) is 0 Å². The van der Waals surface area contributed by atoms with Crippen molar-refractivity contribution in [1.29, 1.82) is 0 Å². The average molecular weight is 416 g/mol. The molecule has 164 valence electrons. The van der Waals surface area contributed by atoms with Gasteiger partial charge in [0.05, 0.1) is 33.4 Å². The number of nitrogens with zero attached hydrogens (tertiary/aromatic N) is 1. The van der Waals surface area contributed by atoms with Crippen LogP contribution in [0.1, 0.15) is 36.6 Å². The van der Waals surface area contributed by atoms with Crippen molar-refractivity contribution in [3.63, 3.8) is 0 Å². The summed E-state index contributed by atoms with van der Waals surface area (Å²) in [4.78, 5) is 4.71. The topological polar surface area (TPSA) is 84.3 Å². The van der Waals surface area contributed by atoms with Crippen molar-refractivity contribution in [2.24, 2.45) is 4.99 Å². The van der Waals surface area contributed by atoms with E-state index >= 15 is 0 Å². The summed E-state index contributed by atoms with van der Waals surface area (Å²) in [5, 5.41) is 15.7. The maximum absolute atomic E-state index is 8.94. The normalized spacial score (nSPS) is 12.3. The van der Waals surface area contributed by atoms with E-state index in [1.807, 2.05) is 37.3 Å². The first-order chi connectivity index (χ1) is 14.5. The second-order valence-electron chi connectivity index (χ2n) is 6.86. The molecule has 1 unspecified atom stereocenters. The van der Waals surface area contributed by atoms with Gasteiger partial charge >= 0.3 is 0 Å². The van der Waals surface area contributed by atoms with Crippen LogP contribution in [0.3, 0.4) is 0 Å². The largest absolute Gasteiger partial charge is 0.496 e. The number of benzene rings is 2. The monoisotopic (exact) mass is 415 g/mol. The smallest absolute Gasteiger partial charge is 0.192 e. The van der Waals surface area contributed by atoms with Crippen molar-refractivity contribution in [3.8, 4) is 17.2 Å². The van der Waals surface area contributed by atoms with E-state index in [9.17, 15) is 0 Å². The van der Waals surface area contributed by atoms with Crippen LogP contribution in [-0.2, 0) is 6.54 Å². The number of hydrogen-bond acceptors (Lipinski definition) is 5. The Kier molecular flexibility index (Phi) is 9.28. The molecule has 0 saturated heterocycles. The molecule has 2 rings (SSSR count). The van der Waals surface area contributed by atoms with E-state index in [2.05, 4.69) is 30.5 Å². The lowest BCUT2D eigenvalue weighted by Gasteiger charge is -2.20. The van der Waals surface area contributed by atoms with Gasteiger partial charge < -0.3 is 30.0 Å². The van der Waals surface area contributed by atoms with Crippen molar-refractivity contribution in [1.82, 2.24) is 10.6 Å². The zero-order valence-corrected chi connectivity index (χ0v) is 18.5. The summed E-state index contributed by atoms with van der Waals surface area (Å²) >= 11 is 0. The van der Waals surface area contributed by atoms with Crippen LogP contribution in [0, 0.1) is 6.92 Å². The van der Waals surface area contributed by atoms with Crippen molar-refractivity contribution >= 4 is 5.96 Å². The molecule has 0 heterocycles. The number of hydrogen-bond donors (Lipinski definition) is 3. The number of aliphatic hydroxyl groups is 1. The van der Waals surface area contributed by atoms with Gasteiger partial charge in [-0.3, -0.25) is 0 Å². The van der Waals surface area contributed by atoms with Gasteiger partial charge in [-0.25, -0.2) is 4.99 Å². The Labute approximate surface area is 179 Å².